The predicted octanol–water partition coefficient (Wildman–Crippen LogP) is 2.70. The number of hydrogen-bond acceptors (Lipinski definition) is 4. The Morgan fingerprint density at radius 3 is 2.46 bits per heavy atom. The van der Waals surface area contributed by atoms with Crippen LogP contribution in [0.25, 0.3) is 0 Å². The molecule has 0 saturated heterocycles. The highest BCUT2D eigenvalue weighted by atomic mass is 35.5. The number of nitrogens with two attached hydrogens (primary N) is 1. The third-order valence-electron chi connectivity index (χ3n) is 3.04. The van der Waals surface area contributed by atoms with Gasteiger partial charge < -0.3 is 16.4 Å². The van der Waals surface area contributed by atoms with Crippen LogP contribution in [-0.2, 0) is 4.79 Å². The van der Waals surface area contributed by atoms with Gasteiger partial charge in [-0.25, -0.2) is 0 Å². The van der Waals surface area contributed by atoms with Crippen molar-refractivity contribution in [1.29, 1.82) is 5.26 Å². The number of anilines is 2. The summed E-state index contributed by atoms with van der Waals surface area (Å²) in [6.45, 7) is 0. The Kier molecular flexibility index (Phi) is 5.55. The number of carbonyl (C=O) groups is 2. The van der Waals surface area contributed by atoms with Gasteiger partial charge in [0.1, 0.15) is 11.6 Å². The second-order valence-corrected chi connectivity index (χ2v) is 5.07. The lowest BCUT2D eigenvalue weighted by molar-refractivity contribution is -0.112. The molecule has 0 fully saturated rings. The van der Waals surface area contributed by atoms with Crippen molar-refractivity contribution < 1.29 is 9.59 Å². The van der Waals surface area contributed by atoms with Gasteiger partial charge in [-0.3, -0.25) is 9.59 Å². The van der Waals surface area contributed by atoms with E-state index in [2.05, 4.69) is 10.6 Å². The van der Waals surface area contributed by atoms with Gasteiger partial charge in [0.25, 0.3) is 11.8 Å². The van der Waals surface area contributed by atoms with Crippen molar-refractivity contribution in [2.24, 2.45) is 0 Å². The maximum atomic E-state index is 12.1. The largest absolute Gasteiger partial charge is 0.398 e. The summed E-state index contributed by atoms with van der Waals surface area (Å²) in [5, 5.41) is 14.3. The summed E-state index contributed by atoms with van der Waals surface area (Å²) in [5.74, 6) is -1.21. The van der Waals surface area contributed by atoms with Crippen LogP contribution in [0.1, 0.15) is 10.4 Å². The molecule has 0 bridgehead atoms. The van der Waals surface area contributed by atoms with E-state index in [4.69, 9.17) is 22.6 Å². The van der Waals surface area contributed by atoms with Gasteiger partial charge in [0.15, 0.2) is 0 Å². The lowest BCUT2D eigenvalue weighted by Crippen LogP contribution is -2.22. The molecule has 2 aromatic rings. The minimum atomic E-state index is -0.688. The van der Waals surface area contributed by atoms with E-state index in [1.165, 1.54) is 6.07 Å². The zero-order valence-electron chi connectivity index (χ0n) is 12.4. The third-order valence-corrected chi connectivity index (χ3v) is 3.37. The van der Waals surface area contributed by atoms with Gasteiger partial charge in [0.2, 0.25) is 0 Å². The van der Waals surface area contributed by atoms with Gasteiger partial charge >= 0.3 is 0 Å². The number of nitrogen functional groups attached to an aromatic ring is 1. The molecule has 0 unspecified atom stereocenters. The SMILES string of the molecule is N#C/C(=C/NC(=O)c1ccccc1N)C(=O)Nc1ccccc1Cl. The fraction of sp³-hybridized carbons (Fsp3) is 0. The normalized spacial score (nSPS) is 10.6. The molecule has 2 rings (SSSR count). The van der Waals surface area contributed by atoms with Crippen molar-refractivity contribution in [3.8, 4) is 6.07 Å². The van der Waals surface area contributed by atoms with Crippen molar-refractivity contribution in [2.75, 3.05) is 11.1 Å². The maximum Gasteiger partial charge on any atom is 0.267 e. The summed E-state index contributed by atoms with van der Waals surface area (Å²) < 4.78 is 0. The Morgan fingerprint density at radius 1 is 1.12 bits per heavy atom. The first-order chi connectivity index (χ1) is 11.5. The maximum absolute atomic E-state index is 12.1. The van der Waals surface area contributed by atoms with E-state index in [0.29, 0.717) is 16.4 Å². The fourth-order valence-corrected chi connectivity index (χ4v) is 2.00. The number of nitriles is 1. The molecule has 0 aromatic heterocycles. The third kappa shape index (κ3) is 4.12. The Balaban J connectivity index is 2.11. The highest BCUT2D eigenvalue weighted by Gasteiger charge is 2.13. The Bertz CT molecular complexity index is 856. The van der Waals surface area contributed by atoms with Gasteiger partial charge in [-0.15, -0.1) is 0 Å². The van der Waals surface area contributed by atoms with Crippen LogP contribution in [0.5, 0.6) is 0 Å². The molecule has 120 valence electrons. The fourth-order valence-electron chi connectivity index (χ4n) is 1.82. The van der Waals surface area contributed by atoms with Crippen LogP contribution in [0.3, 0.4) is 0 Å². The number of carbonyl (C=O) groups excluding carboxylic acids is 2. The average molecular weight is 341 g/mol. The topological polar surface area (TPSA) is 108 Å². The lowest BCUT2D eigenvalue weighted by atomic mass is 10.1. The number of hydrogen-bond donors (Lipinski definition) is 3. The summed E-state index contributed by atoms with van der Waals surface area (Å²) in [6.07, 6.45) is 1.03. The molecule has 0 aliphatic rings. The molecular weight excluding hydrogens is 328 g/mol. The molecule has 0 aliphatic carbocycles. The number of rotatable bonds is 4. The van der Waals surface area contributed by atoms with Crippen molar-refractivity contribution >= 4 is 34.8 Å². The molecule has 0 aliphatic heterocycles. The van der Waals surface area contributed by atoms with Gasteiger partial charge in [-0.1, -0.05) is 35.9 Å². The zero-order valence-corrected chi connectivity index (χ0v) is 13.2. The lowest BCUT2D eigenvalue weighted by Gasteiger charge is -2.07. The average Bonchev–Trinajstić information content (AvgIpc) is 2.57. The van der Waals surface area contributed by atoms with Crippen molar-refractivity contribution in [3.63, 3.8) is 0 Å². The summed E-state index contributed by atoms with van der Waals surface area (Å²) in [4.78, 5) is 24.1. The van der Waals surface area contributed by atoms with E-state index in [9.17, 15) is 9.59 Å². The smallest absolute Gasteiger partial charge is 0.267 e. The molecule has 6 nitrogen and oxygen atoms in total. The van der Waals surface area contributed by atoms with Gasteiger partial charge in [0, 0.05) is 11.9 Å². The first kappa shape index (κ1) is 17.1. The van der Waals surface area contributed by atoms with E-state index in [1.54, 1.807) is 48.5 Å². The molecule has 2 aromatic carbocycles. The second kappa shape index (κ2) is 7.81. The Morgan fingerprint density at radius 2 is 1.79 bits per heavy atom. The minimum Gasteiger partial charge on any atom is -0.398 e. The predicted molar refractivity (Wildman–Crippen MR) is 92.1 cm³/mol. The van der Waals surface area contributed by atoms with Gasteiger partial charge in [0.05, 0.1) is 16.3 Å². The Hall–Kier alpha value is -3.30. The van der Waals surface area contributed by atoms with Crippen LogP contribution in [-0.4, -0.2) is 11.8 Å². The molecule has 7 heteroatoms. The Labute approximate surface area is 143 Å². The zero-order chi connectivity index (χ0) is 17.5. The molecule has 0 spiro atoms. The van der Waals surface area contributed by atoms with E-state index < -0.39 is 11.8 Å². The van der Waals surface area contributed by atoms with Crippen LogP contribution in [0, 0.1) is 11.3 Å². The molecule has 2 amide bonds. The number of para-hydroxylation sites is 2. The highest BCUT2D eigenvalue weighted by Crippen LogP contribution is 2.20. The molecule has 0 radical (unpaired) electrons. The molecule has 4 N–H and O–H groups in total. The molecule has 0 saturated carbocycles. The number of benzene rings is 2. The van der Waals surface area contributed by atoms with Crippen molar-refractivity contribution in [2.45, 2.75) is 0 Å². The molecule has 24 heavy (non-hydrogen) atoms. The first-order valence-electron chi connectivity index (χ1n) is 6.84. The summed E-state index contributed by atoms with van der Waals surface area (Å²) >= 11 is 5.94. The summed E-state index contributed by atoms with van der Waals surface area (Å²) in [6, 6.07) is 14.8. The number of nitrogens with one attached hydrogen (secondary N) is 2. The van der Waals surface area contributed by atoms with Gasteiger partial charge in [-0.2, -0.15) is 5.26 Å². The minimum absolute atomic E-state index is 0.248. The van der Waals surface area contributed by atoms with E-state index in [-0.39, 0.29) is 11.1 Å². The first-order valence-corrected chi connectivity index (χ1v) is 7.22. The van der Waals surface area contributed by atoms with Crippen LogP contribution < -0.4 is 16.4 Å². The van der Waals surface area contributed by atoms with E-state index in [1.807, 2.05) is 0 Å². The van der Waals surface area contributed by atoms with E-state index in [0.717, 1.165) is 6.20 Å². The molecular formula is C17H13ClN4O2. The highest BCUT2D eigenvalue weighted by molar-refractivity contribution is 6.34. The molecule has 0 heterocycles. The number of halogens is 1. The monoisotopic (exact) mass is 340 g/mol. The second-order valence-electron chi connectivity index (χ2n) is 4.66. The van der Waals surface area contributed by atoms with Crippen LogP contribution >= 0.6 is 11.6 Å². The van der Waals surface area contributed by atoms with E-state index >= 15 is 0 Å². The summed E-state index contributed by atoms with van der Waals surface area (Å²) in [7, 11) is 0. The number of amides is 2. The van der Waals surface area contributed by atoms with Crippen molar-refractivity contribution in [3.05, 3.63) is 70.9 Å². The quantitative estimate of drug-likeness (QED) is 0.451. The van der Waals surface area contributed by atoms with Crippen LogP contribution in [0.4, 0.5) is 11.4 Å². The number of nitrogens with zero attached hydrogens (tertiary/aromatic N) is 1. The van der Waals surface area contributed by atoms with Crippen LogP contribution in [0.2, 0.25) is 5.02 Å². The molecule has 0 atom stereocenters. The van der Waals surface area contributed by atoms with Crippen LogP contribution in [0.15, 0.2) is 60.3 Å². The summed E-state index contributed by atoms with van der Waals surface area (Å²) in [5.41, 5.74) is 6.33. The standard InChI is InChI=1S/C17H13ClN4O2/c18-13-6-2-4-8-15(13)22-16(23)11(9-19)10-21-17(24)12-5-1-3-7-14(12)20/h1-8,10H,20H2,(H,21,24)(H,22,23)/b11-10-. The van der Waals surface area contributed by atoms with Gasteiger partial charge in [-0.05, 0) is 24.3 Å². The van der Waals surface area contributed by atoms with Crippen molar-refractivity contribution in [1.82, 2.24) is 5.32 Å².